The normalized spacial score (nSPS) is 17.5. The fourth-order valence-electron chi connectivity index (χ4n) is 5.18. The first-order valence-electron chi connectivity index (χ1n) is 11.4. The third-order valence-electron chi connectivity index (χ3n) is 6.81. The van der Waals surface area contributed by atoms with Gasteiger partial charge in [0.1, 0.15) is 6.54 Å². The van der Waals surface area contributed by atoms with Crippen molar-refractivity contribution in [2.75, 3.05) is 0 Å². The van der Waals surface area contributed by atoms with E-state index in [1.54, 1.807) is 12.1 Å². The molecule has 0 spiro atoms. The van der Waals surface area contributed by atoms with Gasteiger partial charge < -0.3 is 9.67 Å². The average molecular weight is 445 g/mol. The first kappa shape index (κ1) is 22.1. The Labute approximate surface area is 184 Å². The summed E-state index contributed by atoms with van der Waals surface area (Å²) in [6, 6.07) is 7.20. The SMILES string of the molecule is Cc1c(Cc2ccc(S(=O)(=O)NC3CCCCC3)cc2)c2c(n1CC(=O)O)CCCC2. The molecular weight excluding hydrogens is 412 g/mol. The van der Waals surface area contributed by atoms with Gasteiger partial charge in [-0.25, -0.2) is 13.1 Å². The summed E-state index contributed by atoms with van der Waals surface area (Å²) in [6.07, 6.45) is 9.99. The molecular formula is C24H32N2O4S. The number of nitrogens with one attached hydrogen (secondary N) is 1. The van der Waals surface area contributed by atoms with Gasteiger partial charge in [0.2, 0.25) is 10.0 Å². The summed E-state index contributed by atoms with van der Waals surface area (Å²) < 4.78 is 30.3. The Bertz CT molecular complexity index is 1050. The van der Waals surface area contributed by atoms with E-state index in [1.165, 1.54) is 17.5 Å². The minimum Gasteiger partial charge on any atom is -0.480 e. The zero-order valence-electron chi connectivity index (χ0n) is 18.2. The minimum absolute atomic E-state index is 0.00180. The third kappa shape index (κ3) is 4.88. The first-order valence-corrected chi connectivity index (χ1v) is 12.9. The Hall–Kier alpha value is -2.12. The van der Waals surface area contributed by atoms with Gasteiger partial charge in [-0.2, -0.15) is 0 Å². The Morgan fingerprint density at radius 3 is 2.42 bits per heavy atom. The highest BCUT2D eigenvalue weighted by Gasteiger charge is 2.24. The molecule has 2 aliphatic carbocycles. The highest BCUT2D eigenvalue weighted by Crippen LogP contribution is 2.32. The molecule has 0 atom stereocenters. The van der Waals surface area contributed by atoms with Crippen LogP contribution < -0.4 is 4.72 Å². The number of carboxylic acids is 1. The van der Waals surface area contributed by atoms with Crippen molar-refractivity contribution in [1.29, 1.82) is 0 Å². The second kappa shape index (κ2) is 9.17. The van der Waals surface area contributed by atoms with E-state index in [2.05, 4.69) is 4.72 Å². The second-order valence-electron chi connectivity index (χ2n) is 8.95. The van der Waals surface area contributed by atoms with Crippen molar-refractivity contribution in [1.82, 2.24) is 9.29 Å². The molecule has 6 nitrogen and oxygen atoms in total. The summed E-state index contributed by atoms with van der Waals surface area (Å²) in [7, 11) is -3.50. The van der Waals surface area contributed by atoms with Crippen LogP contribution in [0.1, 0.15) is 73.0 Å². The lowest BCUT2D eigenvalue weighted by Gasteiger charge is -2.22. The number of aromatic nitrogens is 1. The molecule has 31 heavy (non-hydrogen) atoms. The maximum Gasteiger partial charge on any atom is 0.323 e. The van der Waals surface area contributed by atoms with Crippen molar-refractivity contribution in [3.05, 3.63) is 52.3 Å². The van der Waals surface area contributed by atoms with Gasteiger partial charge in [-0.1, -0.05) is 31.4 Å². The molecule has 0 aliphatic heterocycles. The zero-order valence-corrected chi connectivity index (χ0v) is 19.0. The number of rotatable bonds is 7. The Morgan fingerprint density at radius 1 is 1.06 bits per heavy atom. The number of carbonyl (C=O) groups is 1. The summed E-state index contributed by atoms with van der Waals surface area (Å²) in [6.45, 7) is 2.00. The van der Waals surface area contributed by atoms with Gasteiger partial charge in [-0.05, 0) is 80.7 Å². The second-order valence-corrected chi connectivity index (χ2v) is 10.7. The fraction of sp³-hybridized carbons (Fsp3) is 0.542. The number of hydrogen-bond donors (Lipinski definition) is 2. The molecule has 2 aromatic rings. The van der Waals surface area contributed by atoms with Crippen LogP contribution in [0.25, 0.3) is 0 Å². The molecule has 1 heterocycles. The molecule has 0 radical (unpaired) electrons. The molecule has 0 unspecified atom stereocenters. The van der Waals surface area contributed by atoms with E-state index in [0.29, 0.717) is 11.3 Å². The molecule has 1 saturated carbocycles. The maximum atomic E-state index is 12.8. The zero-order chi connectivity index (χ0) is 22.0. The molecule has 1 fully saturated rings. The summed E-state index contributed by atoms with van der Waals surface area (Å²) >= 11 is 0. The van der Waals surface area contributed by atoms with Gasteiger partial charge in [0.25, 0.3) is 0 Å². The van der Waals surface area contributed by atoms with Gasteiger partial charge in [-0.3, -0.25) is 4.79 Å². The van der Waals surface area contributed by atoms with E-state index in [0.717, 1.165) is 68.3 Å². The molecule has 7 heteroatoms. The van der Waals surface area contributed by atoms with E-state index in [9.17, 15) is 18.3 Å². The quantitative estimate of drug-likeness (QED) is 0.677. The van der Waals surface area contributed by atoms with Gasteiger partial charge in [0, 0.05) is 17.4 Å². The van der Waals surface area contributed by atoms with Crippen LogP contribution in [-0.2, 0) is 40.6 Å². The van der Waals surface area contributed by atoms with E-state index < -0.39 is 16.0 Å². The number of hydrogen-bond acceptors (Lipinski definition) is 3. The van der Waals surface area contributed by atoms with E-state index in [1.807, 2.05) is 23.6 Å². The highest BCUT2D eigenvalue weighted by atomic mass is 32.2. The van der Waals surface area contributed by atoms with E-state index in [4.69, 9.17) is 0 Å². The maximum absolute atomic E-state index is 12.8. The van der Waals surface area contributed by atoms with Crippen LogP contribution in [0.5, 0.6) is 0 Å². The molecule has 1 aromatic carbocycles. The number of fused-ring (bicyclic) bond motifs is 1. The lowest BCUT2D eigenvalue weighted by atomic mass is 9.92. The van der Waals surface area contributed by atoms with Gasteiger partial charge in [0.15, 0.2) is 0 Å². The highest BCUT2D eigenvalue weighted by molar-refractivity contribution is 7.89. The van der Waals surface area contributed by atoms with Gasteiger partial charge in [0.05, 0.1) is 4.90 Å². The summed E-state index contributed by atoms with van der Waals surface area (Å²) in [5.41, 5.74) is 5.72. The topological polar surface area (TPSA) is 88.4 Å². The molecule has 4 rings (SSSR count). The minimum atomic E-state index is -3.50. The molecule has 0 amide bonds. The number of carboxylic acid groups (broad SMARTS) is 1. The molecule has 0 saturated heterocycles. The lowest BCUT2D eigenvalue weighted by Crippen LogP contribution is -2.36. The van der Waals surface area contributed by atoms with Crippen LogP contribution >= 0.6 is 0 Å². The van der Waals surface area contributed by atoms with Crippen LogP contribution in [0.3, 0.4) is 0 Å². The Balaban J connectivity index is 1.54. The molecule has 168 valence electrons. The molecule has 1 aromatic heterocycles. The number of sulfonamides is 1. The summed E-state index contributed by atoms with van der Waals surface area (Å²) in [5.74, 6) is -0.821. The van der Waals surface area contributed by atoms with Crippen LogP contribution in [0.15, 0.2) is 29.2 Å². The average Bonchev–Trinajstić information content (AvgIpc) is 3.00. The van der Waals surface area contributed by atoms with Crippen LogP contribution in [0.2, 0.25) is 0 Å². The number of aliphatic carboxylic acids is 1. The van der Waals surface area contributed by atoms with Crippen molar-refractivity contribution >= 4 is 16.0 Å². The lowest BCUT2D eigenvalue weighted by molar-refractivity contribution is -0.137. The standard InChI is InChI=1S/C24H32N2O4S/c1-17-22(21-9-5-6-10-23(21)26(17)16-24(27)28)15-18-11-13-20(14-12-18)31(29,30)25-19-7-3-2-4-8-19/h11-14,19,25H,2-10,15-16H2,1H3,(H,27,28). The summed E-state index contributed by atoms with van der Waals surface area (Å²) in [4.78, 5) is 11.7. The van der Waals surface area contributed by atoms with Crippen LogP contribution in [0.4, 0.5) is 0 Å². The largest absolute Gasteiger partial charge is 0.480 e. The number of nitrogens with zero attached hydrogens (tertiary/aromatic N) is 1. The Kier molecular flexibility index (Phi) is 6.53. The first-order chi connectivity index (χ1) is 14.8. The van der Waals surface area contributed by atoms with Crippen molar-refractivity contribution in [2.24, 2.45) is 0 Å². The Morgan fingerprint density at radius 2 is 1.74 bits per heavy atom. The van der Waals surface area contributed by atoms with Crippen molar-refractivity contribution in [2.45, 2.75) is 88.6 Å². The predicted molar refractivity (Wildman–Crippen MR) is 120 cm³/mol. The molecule has 0 bridgehead atoms. The predicted octanol–water partition coefficient (Wildman–Crippen LogP) is 3.96. The van der Waals surface area contributed by atoms with E-state index >= 15 is 0 Å². The van der Waals surface area contributed by atoms with Crippen molar-refractivity contribution in [3.63, 3.8) is 0 Å². The monoisotopic (exact) mass is 444 g/mol. The molecule has 2 aliphatic rings. The van der Waals surface area contributed by atoms with Crippen molar-refractivity contribution < 1.29 is 18.3 Å². The van der Waals surface area contributed by atoms with Gasteiger partial charge in [-0.15, -0.1) is 0 Å². The summed E-state index contributed by atoms with van der Waals surface area (Å²) in [5, 5.41) is 9.33. The number of benzene rings is 1. The smallest absolute Gasteiger partial charge is 0.323 e. The van der Waals surface area contributed by atoms with Crippen molar-refractivity contribution in [3.8, 4) is 0 Å². The fourth-order valence-corrected chi connectivity index (χ4v) is 6.48. The third-order valence-corrected chi connectivity index (χ3v) is 8.34. The molecule has 2 N–H and O–H groups in total. The van der Waals surface area contributed by atoms with Gasteiger partial charge >= 0.3 is 5.97 Å². The van der Waals surface area contributed by atoms with Crippen LogP contribution in [0, 0.1) is 6.92 Å². The van der Waals surface area contributed by atoms with E-state index in [-0.39, 0.29) is 12.6 Å². The van der Waals surface area contributed by atoms with Crippen LogP contribution in [-0.4, -0.2) is 30.1 Å².